The van der Waals surface area contributed by atoms with Crippen LogP contribution in [-0.4, -0.2) is 18.0 Å². The molecule has 5 heteroatoms. The molecule has 0 aliphatic carbocycles. The molecule has 1 rings (SSSR count). The summed E-state index contributed by atoms with van der Waals surface area (Å²) >= 11 is 9.93. The molecular weight excluding hydrogens is 246 g/mol. The Morgan fingerprint density at radius 2 is 1.93 bits per heavy atom. The van der Waals surface area contributed by atoms with Gasteiger partial charge in [-0.25, -0.2) is 0 Å². The predicted molar refractivity (Wildman–Crippen MR) is 71.7 cm³/mol. The van der Waals surface area contributed by atoms with E-state index in [4.69, 9.17) is 0 Å². The molecule has 1 heterocycles. The van der Waals surface area contributed by atoms with E-state index >= 15 is 0 Å². The maximum atomic E-state index is 11.7. The molecule has 0 saturated heterocycles. The van der Waals surface area contributed by atoms with Gasteiger partial charge < -0.3 is 0 Å². The lowest BCUT2D eigenvalue weighted by atomic mass is 10.3. The van der Waals surface area contributed by atoms with Crippen molar-refractivity contribution in [3.63, 3.8) is 0 Å². The normalized spacial score (nSPS) is 11.0. The van der Waals surface area contributed by atoms with Crippen molar-refractivity contribution < 1.29 is 0 Å². The van der Waals surface area contributed by atoms with Crippen LogP contribution in [0.25, 0.3) is 0 Å². The van der Waals surface area contributed by atoms with Crippen molar-refractivity contribution in [1.82, 2.24) is 4.90 Å². The van der Waals surface area contributed by atoms with Crippen LogP contribution >= 0.6 is 36.6 Å². The van der Waals surface area contributed by atoms with Gasteiger partial charge in [0.2, 0.25) is 0 Å². The summed E-state index contributed by atoms with van der Waals surface area (Å²) in [6.45, 7) is 6.73. The molecule has 0 fully saturated rings. The lowest BCUT2D eigenvalue weighted by molar-refractivity contribution is 0.293. The summed E-state index contributed by atoms with van der Waals surface area (Å²) in [5.41, 5.74) is 0.820. The van der Waals surface area contributed by atoms with Crippen LogP contribution in [0.5, 0.6) is 0 Å². The van der Waals surface area contributed by atoms with Gasteiger partial charge in [0.15, 0.2) is 5.43 Å². The molecule has 0 radical (unpaired) electrons. The van der Waals surface area contributed by atoms with E-state index in [2.05, 4.69) is 44.0 Å². The molecule has 0 aliphatic heterocycles. The molecule has 15 heavy (non-hydrogen) atoms. The minimum atomic E-state index is 0.0376. The second-order valence-electron chi connectivity index (χ2n) is 3.19. The monoisotopic (exact) mass is 261 g/mol. The van der Waals surface area contributed by atoms with Crippen molar-refractivity contribution in [2.24, 2.45) is 0 Å². The van der Waals surface area contributed by atoms with Gasteiger partial charge in [-0.15, -0.1) is 36.6 Å². The first kappa shape index (κ1) is 13.1. The van der Waals surface area contributed by atoms with Gasteiger partial charge in [-0.3, -0.25) is 9.69 Å². The fraction of sp³-hybridized carbons (Fsp3) is 0.500. The smallest absolute Gasteiger partial charge is 0.186 e. The van der Waals surface area contributed by atoms with E-state index < -0.39 is 0 Å². The Balaban J connectivity index is 2.99. The van der Waals surface area contributed by atoms with Gasteiger partial charge in [-0.2, -0.15) is 0 Å². The quantitative estimate of drug-likeness (QED) is 0.812. The lowest BCUT2D eigenvalue weighted by Gasteiger charge is -2.18. The van der Waals surface area contributed by atoms with Crippen LogP contribution in [-0.2, 0) is 6.54 Å². The highest BCUT2D eigenvalue weighted by Gasteiger charge is 2.09. The third kappa shape index (κ3) is 3.52. The predicted octanol–water partition coefficient (Wildman–Crippen LogP) is 2.53. The van der Waals surface area contributed by atoms with E-state index in [0.29, 0.717) is 10.8 Å². The van der Waals surface area contributed by atoms with Crippen molar-refractivity contribution in [1.29, 1.82) is 0 Å². The first-order chi connectivity index (χ1) is 7.08. The fourth-order valence-corrected chi connectivity index (χ4v) is 3.05. The highest BCUT2D eigenvalue weighted by Crippen LogP contribution is 2.22. The topological polar surface area (TPSA) is 20.3 Å². The summed E-state index contributed by atoms with van der Waals surface area (Å²) < 4.78 is 1.49. The summed E-state index contributed by atoms with van der Waals surface area (Å²) in [7, 11) is 0. The van der Waals surface area contributed by atoms with Gasteiger partial charge >= 0.3 is 0 Å². The maximum absolute atomic E-state index is 11.7. The Morgan fingerprint density at radius 3 is 2.40 bits per heavy atom. The summed E-state index contributed by atoms with van der Waals surface area (Å²) in [6.07, 6.45) is 0. The van der Waals surface area contributed by atoms with E-state index in [1.807, 2.05) is 0 Å². The average Bonchev–Trinajstić information content (AvgIpc) is 2.17. The highest BCUT2D eigenvalue weighted by molar-refractivity contribution is 7.85. The van der Waals surface area contributed by atoms with Crippen LogP contribution < -0.4 is 5.43 Å². The summed E-state index contributed by atoms with van der Waals surface area (Å²) in [5, 5.41) is 0. The number of thiol groups is 2. The van der Waals surface area contributed by atoms with Gasteiger partial charge in [0, 0.05) is 18.2 Å². The van der Waals surface area contributed by atoms with Crippen molar-refractivity contribution in [3.8, 4) is 0 Å². The molecule has 0 aromatic carbocycles. The zero-order valence-corrected chi connectivity index (χ0v) is 11.5. The molecule has 0 bridgehead atoms. The minimum Gasteiger partial charge on any atom is -0.299 e. The van der Waals surface area contributed by atoms with Gasteiger partial charge in [0.1, 0.15) is 0 Å². The van der Waals surface area contributed by atoms with Gasteiger partial charge in [0.05, 0.1) is 8.42 Å². The Kier molecular flexibility index (Phi) is 5.18. The zero-order chi connectivity index (χ0) is 11.4. The van der Waals surface area contributed by atoms with Crippen LogP contribution in [0.2, 0.25) is 0 Å². The SMILES string of the molecule is CCN(CC)Cc1c(S)sc(S)cc1=O. The molecule has 2 nitrogen and oxygen atoms in total. The molecule has 0 aliphatic rings. The van der Waals surface area contributed by atoms with Crippen molar-refractivity contribution in [2.45, 2.75) is 28.8 Å². The first-order valence-corrected chi connectivity index (χ1v) is 6.56. The van der Waals surface area contributed by atoms with E-state index in [0.717, 1.165) is 22.9 Å². The Bertz CT molecular complexity index is 385. The Hall–Kier alpha value is 0.0300. The highest BCUT2D eigenvalue weighted by atomic mass is 32.2. The third-order valence-corrected chi connectivity index (χ3v) is 4.00. The summed E-state index contributed by atoms with van der Waals surface area (Å²) in [5.74, 6) is 0. The molecule has 1 aromatic heterocycles. The van der Waals surface area contributed by atoms with Crippen LogP contribution in [0.15, 0.2) is 19.3 Å². The molecule has 0 spiro atoms. The van der Waals surface area contributed by atoms with Crippen molar-refractivity contribution in [2.75, 3.05) is 13.1 Å². The number of nitrogens with zero attached hydrogens (tertiary/aromatic N) is 1. The van der Waals surface area contributed by atoms with E-state index in [1.54, 1.807) is 6.07 Å². The molecule has 0 atom stereocenters. The Labute approximate surface area is 105 Å². The standard InChI is InChI=1S/C10H15NOS3/c1-3-11(4-2)6-7-8(12)5-9(13)15-10(7)14/h5,13-14H,3-4,6H2,1-2H3. The largest absolute Gasteiger partial charge is 0.299 e. The van der Waals surface area contributed by atoms with Crippen LogP contribution in [0.4, 0.5) is 0 Å². The maximum Gasteiger partial charge on any atom is 0.186 e. The van der Waals surface area contributed by atoms with Crippen LogP contribution in [0, 0.1) is 0 Å². The van der Waals surface area contributed by atoms with Crippen LogP contribution in [0.3, 0.4) is 0 Å². The molecule has 0 amide bonds. The number of hydrogen-bond donors (Lipinski definition) is 2. The van der Waals surface area contributed by atoms with Gasteiger partial charge in [-0.1, -0.05) is 13.8 Å². The first-order valence-electron chi connectivity index (χ1n) is 4.85. The Morgan fingerprint density at radius 1 is 1.33 bits per heavy atom. The van der Waals surface area contributed by atoms with E-state index in [9.17, 15) is 4.79 Å². The second-order valence-corrected chi connectivity index (χ2v) is 5.78. The van der Waals surface area contributed by atoms with E-state index in [1.165, 1.54) is 11.3 Å². The zero-order valence-electron chi connectivity index (χ0n) is 8.86. The van der Waals surface area contributed by atoms with Crippen LogP contribution in [0.1, 0.15) is 19.4 Å². The molecule has 0 unspecified atom stereocenters. The summed E-state index contributed by atoms with van der Waals surface area (Å²) in [4.78, 5) is 13.9. The molecule has 84 valence electrons. The number of rotatable bonds is 4. The molecule has 0 N–H and O–H groups in total. The molecule has 1 aromatic rings. The minimum absolute atomic E-state index is 0.0376. The third-order valence-electron chi connectivity index (χ3n) is 2.29. The molecule has 0 saturated carbocycles. The van der Waals surface area contributed by atoms with Gasteiger partial charge in [-0.05, 0) is 13.1 Å². The average molecular weight is 261 g/mol. The number of hydrogen-bond acceptors (Lipinski definition) is 5. The summed E-state index contributed by atoms with van der Waals surface area (Å²) in [6, 6.07) is 1.56. The molecular formula is C10H15NOS3. The lowest BCUT2D eigenvalue weighted by Crippen LogP contribution is -2.25. The fourth-order valence-electron chi connectivity index (χ4n) is 1.31. The second kappa shape index (κ2) is 5.94. The van der Waals surface area contributed by atoms with Crippen molar-refractivity contribution in [3.05, 3.63) is 21.9 Å². The van der Waals surface area contributed by atoms with Crippen molar-refractivity contribution >= 4 is 36.6 Å². The van der Waals surface area contributed by atoms with E-state index in [-0.39, 0.29) is 5.43 Å². The van der Waals surface area contributed by atoms with Gasteiger partial charge in [0.25, 0.3) is 0 Å².